The molecule has 3 nitrogen and oxygen atoms in total. The van der Waals surface area contributed by atoms with Gasteiger partial charge < -0.3 is 10.6 Å². The maximum atomic E-state index is 11.7. The second-order valence-electron chi connectivity index (χ2n) is 4.46. The first kappa shape index (κ1) is 15.0. The Morgan fingerprint density at radius 1 is 1.44 bits per heavy atom. The molecule has 0 heterocycles. The predicted octanol–water partition coefficient (Wildman–Crippen LogP) is 2.65. The average molecular weight is 269 g/mol. The van der Waals surface area contributed by atoms with E-state index in [9.17, 15) is 4.79 Å². The topological polar surface area (TPSA) is 41.1 Å². The van der Waals surface area contributed by atoms with E-state index in [1.807, 2.05) is 39.0 Å². The average Bonchev–Trinajstić information content (AvgIpc) is 2.34. The first-order chi connectivity index (χ1) is 8.54. The molecule has 1 amide bonds. The zero-order valence-corrected chi connectivity index (χ0v) is 12.0. The lowest BCUT2D eigenvalue weighted by molar-refractivity contribution is -0.122. The third kappa shape index (κ3) is 4.67. The summed E-state index contributed by atoms with van der Waals surface area (Å²) in [7, 11) is 0. The quantitative estimate of drug-likeness (QED) is 0.833. The van der Waals surface area contributed by atoms with Crippen molar-refractivity contribution < 1.29 is 4.79 Å². The SMILES string of the molecule is CCCNC(=O)C(C)NCc1ccc(Cl)cc1C. The van der Waals surface area contributed by atoms with Crippen LogP contribution in [0.2, 0.25) is 5.02 Å². The summed E-state index contributed by atoms with van der Waals surface area (Å²) in [5, 5.41) is 6.82. The molecule has 0 aliphatic carbocycles. The molecule has 0 saturated carbocycles. The molecular weight excluding hydrogens is 248 g/mol. The number of hydrogen-bond donors (Lipinski definition) is 2. The minimum absolute atomic E-state index is 0.0449. The van der Waals surface area contributed by atoms with Crippen molar-refractivity contribution in [2.75, 3.05) is 6.54 Å². The van der Waals surface area contributed by atoms with Crippen LogP contribution in [0.3, 0.4) is 0 Å². The molecule has 0 fully saturated rings. The molecule has 0 radical (unpaired) electrons. The molecule has 0 bridgehead atoms. The van der Waals surface area contributed by atoms with E-state index >= 15 is 0 Å². The molecule has 1 aromatic carbocycles. The summed E-state index contributed by atoms with van der Waals surface area (Å²) in [5.74, 6) is 0.0449. The van der Waals surface area contributed by atoms with Crippen LogP contribution >= 0.6 is 11.6 Å². The standard InChI is InChI=1S/C14H21ClN2O/c1-4-7-16-14(18)11(3)17-9-12-5-6-13(15)8-10(12)2/h5-6,8,11,17H,4,7,9H2,1-3H3,(H,16,18). The highest BCUT2D eigenvalue weighted by Crippen LogP contribution is 2.15. The number of amides is 1. The predicted molar refractivity (Wildman–Crippen MR) is 75.8 cm³/mol. The Kier molecular flexibility index (Phi) is 6.16. The highest BCUT2D eigenvalue weighted by Gasteiger charge is 2.11. The van der Waals surface area contributed by atoms with Gasteiger partial charge in [0.15, 0.2) is 0 Å². The van der Waals surface area contributed by atoms with Crippen molar-refractivity contribution in [3.8, 4) is 0 Å². The maximum absolute atomic E-state index is 11.7. The molecule has 1 aromatic rings. The van der Waals surface area contributed by atoms with Gasteiger partial charge in [0.2, 0.25) is 5.91 Å². The lowest BCUT2D eigenvalue weighted by atomic mass is 10.1. The van der Waals surface area contributed by atoms with Crippen molar-refractivity contribution >= 4 is 17.5 Å². The molecule has 1 unspecified atom stereocenters. The van der Waals surface area contributed by atoms with E-state index in [-0.39, 0.29) is 11.9 Å². The fourth-order valence-electron chi connectivity index (χ4n) is 1.61. The molecule has 18 heavy (non-hydrogen) atoms. The summed E-state index contributed by atoms with van der Waals surface area (Å²) in [4.78, 5) is 11.7. The summed E-state index contributed by atoms with van der Waals surface area (Å²) >= 11 is 5.90. The van der Waals surface area contributed by atoms with E-state index in [0.29, 0.717) is 6.54 Å². The number of benzene rings is 1. The Bertz CT molecular complexity index is 407. The van der Waals surface area contributed by atoms with Gasteiger partial charge in [0.1, 0.15) is 0 Å². The van der Waals surface area contributed by atoms with Crippen molar-refractivity contribution in [1.82, 2.24) is 10.6 Å². The number of rotatable bonds is 6. The summed E-state index contributed by atoms with van der Waals surface area (Å²) in [6, 6.07) is 5.60. The van der Waals surface area contributed by atoms with E-state index in [1.54, 1.807) is 0 Å². The van der Waals surface area contributed by atoms with Crippen LogP contribution in [0.5, 0.6) is 0 Å². The van der Waals surface area contributed by atoms with Gasteiger partial charge in [-0.1, -0.05) is 24.6 Å². The van der Waals surface area contributed by atoms with E-state index < -0.39 is 0 Å². The fraction of sp³-hybridized carbons (Fsp3) is 0.500. The van der Waals surface area contributed by atoms with Gasteiger partial charge in [0.25, 0.3) is 0 Å². The van der Waals surface area contributed by atoms with Gasteiger partial charge in [0, 0.05) is 18.1 Å². The van der Waals surface area contributed by atoms with Gasteiger partial charge in [-0.3, -0.25) is 4.79 Å². The van der Waals surface area contributed by atoms with Crippen LogP contribution in [-0.2, 0) is 11.3 Å². The number of carbonyl (C=O) groups is 1. The third-order valence-electron chi connectivity index (χ3n) is 2.85. The fourth-order valence-corrected chi connectivity index (χ4v) is 1.84. The number of carbonyl (C=O) groups excluding carboxylic acids is 1. The smallest absolute Gasteiger partial charge is 0.236 e. The van der Waals surface area contributed by atoms with Crippen LogP contribution in [0, 0.1) is 6.92 Å². The number of hydrogen-bond acceptors (Lipinski definition) is 2. The molecule has 0 aliphatic rings. The van der Waals surface area contributed by atoms with Crippen molar-refractivity contribution in [3.05, 3.63) is 34.3 Å². The van der Waals surface area contributed by atoms with Gasteiger partial charge in [0.05, 0.1) is 6.04 Å². The Hall–Kier alpha value is -1.06. The molecule has 1 atom stereocenters. The van der Waals surface area contributed by atoms with Gasteiger partial charge in [-0.2, -0.15) is 0 Å². The number of nitrogens with one attached hydrogen (secondary N) is 2. The van der Waals surface area contributed by atoms with Crippen LogP contribution in [-0.4, -0.2) is 18.5 Å². The second kappa shape index (κ2) is 7.39. The van der Waals surface area contributed by atoms with E-state index in [2.05, 4.69) is 10.6 Å². The van der Waals surface area contributed by atoms with Crippen LogP contribution in [0.25, 0.3) is 0 Å². The largest absolute Gasteiger partial charge is 0.355 e. The van der Waals surface area contributed by atoms with Gasteiger partial charge >= 0.3 is 0 Å². The molecule has 1 rings (SSSR count). The monoisotopic (exact) mass is 268 g/mol. The molecule has 0 spiro atoms. The summed E-state index contributed by atoms with van der Waals surface area (Å²) in [6.45, 7) is 7.32. The van der Waals surface area contributed by atoms with Crippen molar-refractivity contribution in [3.63, 3.8) is 0 Å². The number of halogens is 1. The number of aryl methyl sites for hydroxylation is 1. The lowest BCUT2D eigenvalue weighted by Gasteiger charge is -2.15. The summed E-state index contributed by atoms with van der Waals surface area (Å²) < 4.78 is 0. The minimum atomic E-state index is -0.188. The zero-order valence-electron chi connectivity index (χ0n) is 11.2. The molecule has 100 valence electrons. The maximum Gasteiger partial charge on any atom is 0.236 e. The third-order valence-corrected chi connectivity index (χ3v) is 3.08. The molecule has 0 aromatic heterocycles. The van der Waals surface area contributed by atoms with Crippen LogP contribution in [0.15, 0.2) is 18.2 Å². The second-order valence-corrected chi connectivity index (χ2v) is 4.90. The first-order valence-electron chi connectivity index (χ1n) is 6.30. The van der Waals surface area contributed by atoms with Crippen molar-refractivity contribution in [2.24, 2.45) is 0 Å². The molecule has 0 aliphatic heterocycles. The van der Waals surface area contributed by atoms with Crippen LogP contribution in [0.4, 0.5) is 0 Å². The van der Waals surface area contributed by atoms with Crippen molar-refractivity contribution in [2.45, 2.75) is 39.8 Å². The normalized spacial score (nSPS) is 12.2. The van der Waals surface area contributed by atoms with E-state index in [1.165, 1.54) is 0 Å². The van der Waals surface area contributed by atoms with Gasteiger partial charge in [-0.25, -0.2) is 0 Å². The Morgan fingerprint density at radius 2 is 2.17 bits per heavy atom. The molecular formula is C14H21ClN2O. The van der Waals surface area contributed by atoms with Crippen molar-refractivity contribution in [1.29, 1.82) is 0 Å². The Balaban J connectivity index is 2.46. The molecule has 4 heteroatoms. The zero-order chi connectivity index (χ0) is 13.5. The van der Waals surface area contributed by atoms with Gasteiger partial charge in [-0.15, -0.1) is 0 Å². The van der Waals surface area contributed by atoms with Crippen LogP contribution < -0.4 is 10.6 Å². The lowest BCUT2D eigenvalue weighted by Crippen LogP contribution is -2.42. The molecule has 2 N–H and O–H groups in total. The van der Waals surface area contributed by atoms with E-state index in [0.717, 1.165) is 29.1 Å². The highest BCUT2D eigenvalue weighted by molar-refractivity contribution is 6.30. The summed E-state index contributed by atoms with van der Waals surface area (Å²) in [6.07, 6.45) is 0.953. The van der Waals surface area contributed by atoms with Gasteiger partial charge in [-0.05, 0) is 43.5 Å². The highest BCUT2D eigenvalue weighted by atomic mass is 35.5. The van der Waals surface area contributed by atoms with E-state index in [4.69, 9.17) is 11.6 Å². The Morgan fingerprint density at radius 3 is 2.78 bits per heavy atom. The Labute approximate surface area is 114 Å². The summed E-state index contributed by atoms with van der Waals surface area (Å²) in [5.41, 5.74) is 2.30. The minimum Gasteiger partial charge on any atom is -0.355 e. The molecule has 0 saturated heterocycles. The first-order valence-corrected chi connectivity index (χ1v) is 6.68. The van der Waals surface area contributed by atoms with Crippen LogP contribution in [0.1, 0.15) is 31.4 Å².